The van der Waals surface area contributed by atoms with Crippen LogP contribution < -0.4 is 10.1 Å². The van der Waals surface area contributed by atoms with Gasteiger partial charge in [-0.25, -0.2) is 4.98 Å². The fourth-order valence-corrected chi connectivity index (χ4v) is 3.52. The van der Waals surface area contributed by atoms with E-state index >= 15 is 0 Å². The monoisotopic (exact) mass is 313 g/mol. The second-order valence-electron chi connectivity index (χ2n) is 5.40. The molecule has 22 heavy (non-hydrogen) atoms. The highest BCUT2D eigenvalue weighted by Crippen LogP contribution is 2.28. The number of fused-ring (bicyclic) bond motifs is 2. The Hall–Kier alpha value is -2.34. The third-order valence-corrected chi connectivity index (χ3v) is 4.78. The van der Waals surface area contributed by atoms with Gasteiger partial charge in [-0.05, 0) is 18.6 Å². The zero-order valence-electron chi connectivity index (χ0n) is 12.1. The van der Waals surface area contributed by atoms with Crippen molar-refractivity contribution in [3.63, 3.8) is 0 Å². The van der Waals surface area contributed by atoms with E-state index in [1.165, 1.54) is 0 Å². The van der Waals surface area contributed by atoms with Crippen molar-refractivity contribution in [3.05, 3.63) is 52.8 Å². The van der Waals surface area contributed by atoms with Crippen LogP contribution in [-0.2, 0) is 17.8 Å². The Kier molecular flexibility index (Phi) is 3.11. The standard InChI is InChI=1S/C16H15N3O2S/c1-10-9-22-16-18-12(8-19(10)16)7-17-15(20)14-6-11-4-2-3-5-13(11)21-14/h2-5,8-9,14H,6-7H2,1H3,(H,17,20). The number of benzene rings is 1. The summed E-state index contributed by atoms with van der Waals surface area (Å²) in [5.41, 5.74) is 3.10. The van der Waals surface area contributed by atoms with Gasteiger partial charge in [-0.2, -0.15) is 0 Å². The predicted molar refractivity (Wildman–Crippen MR) is 84.2 cm³/mol. The van der Waals surface area contributed by atoms with Gasteiger partial charge in [0.15, 0.2) is 11.1 Å². The van der Waals surface area contributed by atoms with E-state index in [9.17, 15) is 4.79 Å². The highest BCUT2D eigenvalue weighted by Gasteiger charge is 2.28. The fraction of sp³-hybridized carbons (Fsp3) is 0.250. The summed E-state index contributed by atoms with van der Waals surface area (Å²) < 4.78 is 7.72. The normalized spacial score (nSPS) is 16.5. The molecule has 6 heteroatoms. The van der Waals surface area contributed by atoms with Gasteiger partial charge in [0.05, 0.1) is 12.2 Å². The van der Waals surface area contributed by atoms with E-state index in [2.05, 4.69) is 15.7 Å². The van der Waals surface area contributed by atoms with Crippen molar-refractivity contribution in [1.29, 1.82) is 0 Å². The molecule has 3 aromatic rings. The number of aryl methyl sites for hydroxylation is 1. The number of thiazole rings is 1. The number of hydrogen-bond acceptors (Lipinski definition) is 4. The minimum atomic E-state index is -0.442. The third kappa shape index (κ3) is 2.25. The number of imidazole rings is 1. The van der Waals surface area contributed by atoms with Gasteiger partial charge in [-0.3, -0.25) is 9.20 Å². The average Bonchev–Trinajstić information content (AvgIpc) is 3.20. The zero-order valence-corrected chi connectivity index (χ0v) is 12.9. The molecule has 0 aliphatic carbocycles. The molecule has 0 spiro atoms. The Morgan fingerprint density at radius 3 is 3.18 bits per heavy atom. The van der Waals surface area contributed by atoms with Gasteiger partial charge < -0.3 is 10.1 Å². The maximum Gasteiger partial charge on any atom is 0.261 e. The zero-order chi connectivity index (χ0) is 15.1. The minimum Gasteiger partial charge on any atom is -0.480 e. The van der Waals surface area contributed by atoms with E-state index in [0.717, 1.165) is 27.7 Å². The Balaban J connectivity index is 1.41. The molecule has 112 valence electrons. The van der Waals surface area contributed by atoms with Crippen molar-refractivity contribution < 1.29 is 9.53 Å². The van der Waals surface area contributed by atoms with Crippen LogP contribution in [0.4, 0.5) is 0 Å². The van der Waals surface area contributed by atoms with Crippen molar-refractivity contribution in [1.82, 2.24) is 14.7 Å². The van der Waals surface area contributed by atoms with Crippen LogP contribution in [0, 0.1) is 6.92 Å². The molecule has 2 aromatic heterocycles. The summed E-state index contributed by atoms with van der Waals surface area (Å²) in [5, 5.41) is 4.97. The van der Waals surface area contributed by atoms with E-state index in [-0.39, 0.29) is 5.91 Å². The molecule has 1 atom stereocenters. The average molecular weight is 313 g/mol. The predicted octanol–water partition coefficient (Wildman–Crippen LogP) is 2.32. The molecule has 0 bridgehead atoms. The Morgan fingerprint density at radius 2 is 2.36 bits per heavy atom. The van der Waals surface area contributed by atoms with Crippen molar-refractivity contribution in [2.75, 3.05) is 0 Å². The molecule has 1 aliphatic heterocycles. The topological polar surface area (TPSA) is 55.6 Å². The number of hydrogen-bond donors (Lipinski definition) is 1. The van der Waals surface area contributed by atoms with Crippen molar-refractivity contribution in [2.24, 2.45) is 0 Å². The lowest BCUT2D eigenvalue weighted by Gasteiger charge is -2.10. The summed E-state index contributed by atoms with van der Waals surface area (Å²) in [5.74, 6) is 0.713. The number of carbonyl (C=O) groups excluding carboxylic acids is 1. The Bertz CT molecular complexity index is 827. The second-order valence-corrected chi connectivity index (χ2v) is 6.23. The highest BCUT2D eigenvalue weighted by molar-refractivity contribution is 7.15. The summed E-state index contributed by atoms with van der Waals surface area (Å²) in [6.07, 6.45) is 2.15. The SMILES string of the molecule is Cc1csc2nc(CNC(=O)C3Cc4ccccc4O3)cn12. The maximum atomic E-state index is 12.2. The molecular formula is C16H15N3O2S. The Morgan fingerprint density at radius 1 is 1.50 bits per heavy atom. The third-order valence-electron chi connectivity index (χ3n) is 3.82. The number of para-hydroxylation sites is 1. The van der Waals surface area contributed by atoms with Crippen molar-refractivity contribution in [3.8, 4) is 5.75 Å². The van der Waals surface area contributed by atoms with Crippen LogP contribution in [0.1, 0.15) is 17.0 Å². The first-order valence-electron chi connectivity index (χ1n) is 7.15. The number of aromatic nitrogens is 2. The van der Waals surface area contributed by atoms with Gasteiger partial charge in [0, 0.05) is 23.7 Å². The molecule has 4 rings (SSSR count). The van der Waals surface area contributed by atoms with E-state index in [4.69, 9.17) is 4.74 Å². The molecule has 1 amide bonds. The lowest BCUT2D eigenvalue weighted by Crippen LogP contribution is -2.37. The first-order valence-corrected chi connectivity index (χ1v) is 8.03. The lowest BCUT2D eigenvalue weighted by atomic mass is 10.1. The van der Waals surface area contributed by atoms with Crippen LogP contribution in [0.5, 0.6) is 5.75 Å². The summed E-state index contributed by atoms with van der Waals surface area (Å²) in [6, 6.07) is 7.77. The van der Waals surface area contributed by atoms with Crippen molar-refractivity contribution >= 4 is 22.2 Å². The Labute approximate surface area is 131 Å². The fourth-order valence-electron chi connectivity index (χ4n) is 2.65. The number of nitrogens with one attached hydrogen (secondary N) is 1. The molecular weight excluding hydrogens is 298 g/mol. The summed E-state index contributed by atoms with van der Waals surface area (Å²) in [4.78, 5) is 17.7. The molecule has 1 N–H and O–H groups in total. The van der Waals surface area contributed by atoms with Gasteiger partial charge in [-0.15, -0.1) is 11.3 Å². The molecule has 0 saturated heterocycles. The number of amides is 1. The minimum absolute atomic E-state index is 0.0933. The molecule has 1 aliphatic rings. The highest BCUT2D eigenvalue weighted by atomic mass is 32.1. The van der Waals surface area contributed by atoms with E-state index < -0.39 is 6.10 Å². The number of carbonyl (C=O) groups is 1. The van der Waals surface area contributed by atoms with Crippen molar-refractivity contribution in [2.45, 2.75) is 26.0 Å². The molecule has 0 radical (unpaired) electrons. The summed E-state index contributed by atoms with van der Waals surface area (Å²) in [6.45, 7) is 2.46. The lowest BCUT2D eigenvalue weighted by molar-refractivity contribution is -0.127. The molecule has 0 fully saturated rings. The van der Waals surface area contributed by atoms with Gasteiger partial charge in [-0.1, -0.05) is 18.2 Å². The van der Waals surface area contributed by atoms with Gasteiger partial charge in [0.1, 0.15) is 5.75 Å². The van der Waals surface area contributed by atoms with Crippen LogP contribution in [0.3, 0.4) is 0 Å². The molecule has 3 heterocycles. The largest absolute Gasteiger partial charge is 0.480 e. The van der Waals surface area contributed by atoms with Crippen LogP contribution in [0.2, 0.25) is 0 Å². The van der Waals surface area contributed by atoms with E-state index in [1.807, 2.05) is 41.8 Å². The summed E-state index contributed by atoms with van der Waals surface area (Å²) in [7, 11) is 0. The van der Waals surface area contributed by atoms with Crippen LogP contribution in [0.25, 0.3) is 4.96 Å². The van der Waals surface area contributed by atoms with Crippen LogP contribution in [0.15, 0.2) is 35.8 Å². The summed E-state index contributed by atoms with van der Waals surface area (Å²) >= 11 is 1.60. The second kappa shape index (κ2) is 5.14. The maximum absolute atomic E-state index is 12.2. The van der Waals surface area contributed by atoms with Crippen LogP contribution >= 0.6 is 11.3 Å². The number of nitrogens with zero attached hydrogens (tertiary/aromatic N) is 2. The molecule has 5 nitrogen and oxygen atoms in total. The molecule has 1 unspecified atom stereocenters. The van der Waals surface area contributed by atoms with Gasteiger partial charge >= 0.3 is 0 Å². The van der Waals surface area contributed by atoms with E-state index in [0.29, 0.717) is 13.0 Å². The van der Waals surface area contributed by atoms with Gasteiger partial charge in [0.2, 0.25) is 0 Å². The smallest absolute Gasteiger partial charge is 0.261 e. The first kappa shape index (κ1) is 13.3. The van der Waals surface area contributed by atoms with Crippen LogP contribution in [-0.4, -0.2) is 21.4 Å². The molecule has 1 aromatic carbocycles. The first-order chi connectivity index (χ1) is 10.7. The van der Waals surface area contributed by atoms with E-state index in [1.54, 1.807) is 11.3 Å². The number of rotatable bonds is 3. The quantitative estimate of drug-likeness (QED) is 0.807. The van der Waals surface area contributed by atoms with Gasteiger partial charge in [0.25, 0.3) is 5.91 Å². The molecule has 0 saturated carbocycles. The number of ether oxygens (including phenoxy) is 1.